The minimum Gasteiger partial charge on any atom is -0.351 e. The van der Waals surface area contributed by atoms with E-state index >= 15 is 0 Å². The fraction of sp³-hybridized carbons (Fsp3) is 0.0909. The molecule has 1 aromatic heterocycles. The summed E-state index contributed by atoms with van der Waals surface area (Å²) in [5.41, 5.74) is 5.63. The lowest BCUT2D eigenvalue weighted by molar-refractivity contribution is -0.117. The number of carbonyl (C=O) groups is 2. The standard InChI is InChI=1S/C11H10ClN5O2S2/c12-6-2-1-3-7(4-6)14-10-16-17-11(21-10)20-5-8(18)15-9(13)19/h1-4H,5H2,(H,14,16)(H3,13,15,18,19). The van der Waals surface area contributed by atoms with E-state index in [-0.39, 0.29) is 5.75 Å². The number of benzene rings is 1. The second-order valence-electron chi connectivity index (χ2n) is 3.71. The Hall–Kier alpha value is -1.84. The van der Waals surface area contributed by atoms with E-state index in [1.54, 1.807) is 12.1 Å². The zero-order valence-electron chi connectivity index (χ0n) is 10.5. The van der Waals surface area contributed by atoms with Crippen LogP contribution in [0.4, 0.5) is 15.6 Å². The van der Waals surface area contributed by atoms with Gasteiger partial charge in [0.2, 0.25) is 11.0 Å². The Morgan fingerprint density at radius 2 is 2.19 bits per heavy atom. The zero-order valence-corrected chi connectivity index (χ0v) is 12.9. The third kappa shape index (κ3) is 5.21. The van der Waals surface area contributed by atoms with Crippen molar-refractivity contribution in [3.8, 4) is 0 Å². The number of aromatic nitrogens is 2. The molecule has 10 heteroatoms. The largest absolute Gasteiger partial charge is 0.351 e. The summed E-state index contributed by atoms with van der Waals surface area (Å²) in [7, 11) is 0. The fourth-order valence-corrected chi connectivity index (χ4v) is 3.07. The van der Waals surface area contributed by atoms with E-state index in [2.05, 4.69) is 15.5 Å². The number of nitrogens with zero attached hydrogens (tertiary/aromatic N) is 2. The van der Waals surface area contributed by atoms with Crippen LogP contribution in [0.15, 0.2) is 28.6 Å². The molecule has 0 aliphatic carbocycles. The molecule has 1 heterocycles. The molecule has 0 unspecified atom stereocenters. The average molecular weight is 344 g/mol. The smallest absolute Gasteiger partial charge is 0.318 e. The van der Waals surface area contributed by atoms with E-state index in [4.69, 9.17) is 17.3 Å². The Morgan fingerprint density at radius 1 is 1.38 bits per heavy atom. The van der Waals surface area contributed by atoms with Crippen molar-refractivity contribution < 1.29 is 9.59 Å². The molecule has 0 aliphatic heterocycles. The summed E-state index contributed by atoms with van der Waals surface area (Å²) in [6.45, 7) is 0. The average Bonchev–Trinajstić information content (AvgIpc) is 2.83. The highest BCUT2D eigenvalue weighted by molar-refractivity contribution is 8.01. The van der Waals surface area contributed by atoms with E-state index in [0.717, 1.165) is 17.4 Å². The Labute approximate surface area is 133 Å². The van der Waals surface area contributed by atoms with Gasteiger partial charge in [-0.25, -0.2) is 4.79 Å². The van der Waals surface area contributed by atoms with Crippen LogP contribution in [0, 0.1) is 0 Å². The summed E-state index contributed by atoms with van der Waals surface area (Å²) in [6.07, 6.45) is 0. The summed E-state index contributed by atoms with van der Waals surface area (Å²) in [6, 6.07) is 6.32. The third-order valence-corrected chi connectivity index (χ3v) is 4.28. The van der Waals surface area contributed by atoms with Gasteiger partial charge in [0.1, 0.15) is 0 Å². The molecule has 2 rings (SSSR count). The quantitative estimate of drug-likeness (QED) is 0.718. The molecule has 0 saturated heterocycles. The normalized spacial score (nSPS) is 10.1. The maximum absolute atomic E-state index is 11.3. The minimum atomic E-state index is -0.874. The second-order valence-corrected chi connectivity index (χ2v) is 6.35. The first-order chi connectivity index (χ1) is 10.0. The van der Waals surface area contributed by atoms with Crippen molar-refractivity contribution >= 4 is 57.5 Å². The number of halogens is 1. The number of imide groups is 1. The SMILES string of the molecule is NC(=O)NC(=O)CSc1nnc(Nc2cccc(Cl)c2)s1. The molecular formula is C11H10ClN5O2S2. The van der Waals surface area contributed by atoms with Crippen LogP contribution in [-0.4, -0.2) is 27.9 Å². The molecule has 3 amide bonds. The third-order valence-electron chi connectivity index (χ3n) is 2.07. The number of urea groups is 1. The molecule has 0 atom stereocenters. The van der Waals surface area contributed by atoms with Gasteiger partial charge >= 0.3 is 6.03 Å². The van der Waals surface area contributed by atoms with Crippen molar-refractivity contribution in [3.63, 3.8) is 0 Å². The molecule has 0 spiro atoms. The Kier molecular flexibility index (Phi) is 5.37. The molecule has 2 aromatic rings. The van der Waals surface area contributed by atoms with E-state index < -0.39 is 11.9 Å². The first kappa shape index (κ1) is 15.5. The predicted octanol–water partition coefficient (Wildman–Crippen LogP) is 2.22. The molecule has 110 valence electrons. The van der Waals surface area contributed by atoms with Crippen molar-refractivity contribution in [2.24, 2.45) is 5.73 Å². The summed E-state index contributed by atoms with van der Waals surface area (Å²) >= 11 is 8.33. The van der Waals surface area contributed by atoms with Gasteiger partial charge in [0, 0.05) is 10.7 Å². The molecule has 0 saturated carbocycles. The predicted molar refractivity (Wildman–Crippen MR) is 83.1 cm³/mol. The Bertz CT molecular complexity index is 664. The molecule has 4 N–H and O–H groups in total. The van der Waals surface area contributed by atoms with Crippen LogP contribution < -0.4 is 16.4 Å². The molecule has 0 bridgehead atoms. The monoisotopic (exact) mass is 343 g/mol. The van der Waals surface area contributed by atoms with Crippen LogP contribution in [0.2, 0.25) is 5.02 Å². The van der Waals surface area contributed by atoms with Crippen LogP contribution in [0.3, 0.4) is 0 Å². The summed E-state index contributed by atoms with van der Waals surface area (Å²) in [5.74, 6) is -0.443. The number of carbonyl (C=O) groups excluding carboxylic acids is 2. The van der Waals surface area contributed by atoms with Gasteiger partial charge in [0.15, 0.2) is 4.34 Å². The second kappa shape index (κ2) is 7.25. The van der Waals surface area contributed by atoms with Crippen LogP contribution in [-0.2, 0) is 4.79 Å². The Morgan fingerprint density at radius 3 is 2.90 bits per heavy atom. The zero-order chi connectivity index (χ0) is 15.2. The number of nitrogens with two attached hydrogens (primary N) is 1. The van der Waals surface area contributed by atoms with Gasteiger partial charge in [-0.1, -0.05) is 40.8 Å². The highest BCUT2D eigenvalue weighted by Gasteiger charge is 2.09. The topological polar surface area (TPSA) is 110 Å². The number of hydrogen-bond donors (Lipinski definition) is 3. The van der Waals surface area contributed by atoms with E-state index in [0.29, 0.717) is 14.5 Å². The van der Waals surface area contributed by atoms with Gasteiger partial charge in [0.25, 0.3) is 0 Å². The number of thioether (sulfide) groups is 1. The van der Waals surface area contributed by atoms with Crippen molar-refractivity contribution in [3.05, 3.63) is 29.3 Å². The van der Waals surface area contributed by atoms with E-state index in [1.165, 1.54) is 11.3 Å². The van der Waals surface area contributed by atoms with Crippen LogP contribution in [0.5, 0.6) is 0 Å². The van der Waals surface area contributed by atoms with Crippen molar-refractivity contribution in [1.82, 2.24) is 15.5 Å². The highest BCUT2D eigenvalue weighted by Crippen LogP contribution is 2.28. The van der Waals surface area contributed by atoms with E-state index in [9.17, 15) is 9.59 Å². The van der Waals surface area contributed by atoms with Gasteiger partial charge in [-0.2, -0.15) is 0 Å². The Balaban J connectivity index is 1.89. The molecular weight excluding hydrogens is 334 g/mol. The molecule has 1 aromatic carbocycles. The number of hydrogen-bond acceptors (Lipinski definition) is 7. The molecule has 0 fully saturated rings. The summed E-state index contributed by atoms with van der Waals surface area (Å²) < 4.78 is 0.596. The van der Waals surface area contributed by atoms with Crippen LogP contribution in [0.25, 0.3) is 0 Å². The van der Waals surface area contributed by atoms with Gasteiger partial charge < -0.3 is 11.1 Å². The van der Waals surface area contributed by atoms with Crippen molar-refractivity contribution in [1.29, 1.82) is 0 Å². The fourth-order valence-electron chi connectivity index (χ4n) is 1.31. The number of rotatable bonds is 5. The molecule has 0 aliphatic rings. The minimum absolute atomic E-state index is 0.0364. The van der Waals surface area contributed by atoms with Crippen molar-refractivity contribution in [2.45, 2.75) is 4.34 Å². The lowest BCUT2D eigenvalue weighted by Crippen LogP contribution is -2.36. The maximum Gasteiger partial charge on any atom is 0.318 e. The highest BCUT2D eigenvalue weighted by atomic mass is 35.5. The number of nitrogens with one attached hydrogen (secondary N) is 2. The molecule has 0 radical (unpaired) electrons. The maximum atomic E-state index is 11.3. The summed E-state index contributed by atoms with van der Waals surface area (Å²) in [5, 5.41) is 14.1. The van der Waals surface area contributed by atoms with Crippen LogP contribution >= 0.6 is 34.7 Å². The first-order valence-corrected chi connectivity index (χ1v) is 7.79. The van der Waals surface area contributed by atoms with Crippen molar-refractivity contribution in [2.75, 3.05) is 11.1 Å². The lowest BCUT2D eigenvalue weighted by Gasteiger charge is -2.01. The summed E-state index contributed by atoms with van der Waals surface area (Å²) in [4.78, 5) is 21.7. The lowest BCUT2D eigenvalue weighted by atomic mass is 10.3. The number of amides is 3. The first-order valence-electron chi connectivity index (χ1n) is 5.61. The molecule has 7 nitrogen and oxygen atoms in total. The van der Waals surface area contributed by atoms with Gasteiger partial charge in [-0.3, -0.25) is 10.1 Å². The number of primary amides is 1. The van der Waals surface area contributed by atoms with Gasteiger partial charge in [-0.05, 0) is 18.2 Å². The van der Waals surface area contributed by atoms with Gasteiger partial charge in [0.05, 0.1) is 5.75 Å². The molecule has 21 heavy (non-hydrogen) atoms. The van der Waals surface area contributed by atoms with Gasteiger partial charge in [-0.15, -0.1) is 10.2 Å². The van der Waals surface area contributed by atoms with E-state index in [1.807, 2.05) is 17.4 Å². The van der Waals surface area contributed by atoms with Crippen LogP contribution in [0.1, 0.15) is 0 Å². The number of anilines is 2.